The lowest BCUT2D eigenvalue weighted by molar-refractivity contribution is 0.110. The third kappa shape index (κ3) is 3.83. The summed E-state index contributed by atoms with van der Waals surface area (Å²) in [4.78, 5) is 2.63. The molecular weight excluding hydrogens is 244 g/mol. The smallest absolute Gasteiger partial charge is 0.0343 e. The summed E-state index contributed by atoms with van der Waals surface area (Å²) in [5.41, 5.74) is 8.12. The number of nitrogens with zero attached hydrogens (tertiary/aromatic N) is 1. The van der Waals surface area contributed by atoms with E-state index in [9.17, 15) is 0 Å². The Morgan fingerprint density at radius 1 is 1.15 bits per heavy atom. The van der Waals surface area contributed by atoms with Crippen LogP contribution >= 0.6 is 0 Å². The van der Waals surface area contributed by atoms with Gasteiger partial charge in [0.1, 0.15) is 0 Å². The summed E-state index contributed by atoms with van der Waals surface area (Å²) in [6.45, 7) is 10.2. The van der Waals surface area contributed by atoms with E-state index in [2.05, 4.69) is 56.0 Å². The highest BCUT2D eigenvalue weighted by atomic mass is 15.2. The molecule has 1 fully saturated rings. The highest BCUT2D eigenvalue weighted by molar-refractivity contribution is 5.18. The molecule has 1 saturated heterocycles. The number of hydrogen-bond acceptors (Lipinski definition) is 2. The Bertz CT molecular complexity index is 413. The van der Waals surface area contributed by atoms with Crippen molar-refractivity contribution in [1.29, 1.82) is 0 Å². The number of nitrogens with two attached hydrogens (primary N) is 1. The number of hydrogen-bond donors (Lipinski definition) is 1. The second kappa shape index (κ2) is 6.28. The molecule has 1 aliphatic rings. The van der Waals surface area contributed by atoms with Gasteiger partial charge in [0.25, 0.3) is 0 Å². The molecule has 2 N–H and O–H groups in total. The van der Waals surface area contributed by atoms with Crippen LogP contribution in [0.15, 0.2) is 30.3 Å². The first-order valence-corrected chi connectivity index (χ1v) is 7.94. The van der Waals surface area contributed by atoms with Gasteiger partial charge in [-0.25, -0.2) is 0 Å². The standard InChI is InChI=1S/C18H30N2/c1-17(2)10-7-12-20(13-11-17)18(3,15-19)14-16-8-5-4-6-9-16/h4-6,8-9H,7,10-15,19H2,1-3H3. The Balaban J connectivity index is 2.09. The fourth-order valence-corrected chi connectivity index (χ4v) is 3.31. The largest absolute Gasteiger partial charge is 0.329 e. The molecule has 0 saturated carbocycles. The van der Waals surface area contributed by atoms with Gasteiger partial charge in [-0.1, -0.05) is 44.2 Å². The molecule has 1 aromatic carbocycles. The fourth-order valence-electron chi connectivity index (χ4n) is 3.31. The topological polar surface area (TPSA) is 29.3 Å². The van der Waals surface area contributed by atoms with E-state index >= 15 is 0 Å². The van der Waals surface area contributed by atoms with Gasteiger partial charge in [-0.05, 0) is 56.7 Å². The van der Waals surface area contributed by atoms with Crippen LogP contribution in [0.4, 0.5) is 0 Å². The Kier molecular flexibility index (Phi) is 4.87. The molecule has 0 bridgehead atoms. The molecule has 0 amide bonds. The maximum absolute atomic E-state index is 6.16. The van der Waals surface area contributed by atoms with Crippen LogP contribution in [0.5, 0.6) is 0 Å². The summed E-state index contributed by atoms with van der Waals surface area (Å²) >= 11 is 0. The minimum Gasteiger partial charge on any atom is -0.329 e. The number of rotatable bonds is 4. The van der Waals surface area contributed by atoms with Gasteiger partial charge in [-0.3, -0.25) is 4.90 Å². The highest BCUT2D eigenvalue weighted by Gasteiger charge is 2.33. The van der Waals surface area contributed by atoms with Crippen molar-refractivity contribution in [1.82, 2.24) is 4.90 Å². The lowest BCUT2D eigenvalue weighted by Gasteiger charge is -2.40. The zero-order valence-corrected chi connectivity index (χ0v) is 13.4. The van der Waals surface area contributed by atoms with Gasteiger partial charge in [0, 0.05) is 12.1 Å². The minimum atomic E-state index is 0.0851. The molecule has 20 heavy (non-hydrogen) atoms. The molecular formula is C18H30N2. The summed E-state index contributed by atoms with van der Waals surface area (Å²) < 4.78 is 0. The summed E-state index contributed by atoms with van der Waals surface area (Å²) in [5.74, 6) is 0. The van der Waals surface area contributed by atoms with E-state index < -0.39 is 0 Å². The molecule has 1 atom stereocenters. The van der Waals surface area contributed by atoms with Crippen LogP contribution in [0.25, 0.3) is 0 Å². The van der Waals surface area contributed by atoms with Crippen LogP contribution < -0.4 is 5.73 Å². The summed E-state index contributed by atoms with van der Waals surface area (Å²) in [6, 6.07) is 10.8. The minimum absolute atomic E-state index is 0.0851. The van der Waals surface area contributed by atoms with Crippen molar-refractivity contribution < 1.29 is 0 Å². The van der Waals surface area contributed by atoms with E-state index in [0.29, 0.717) is 5.41 Å². The predicted octanol–water partition coefficient (Wildman–Crippen LogP) is 3.46. The average Bonchev–Trinajstić information content (AvgIpc) is 2.61. The first-order valence-electron chi connectivity index (χ1n) is 7.94. The third-order valence-corrected chi connectivity index (χ3v) is 4.97. The molecule has 1 unspecified atom stereocenters. The van der Waals surface area contributed by atoms with Crippen molar-refractivity contribution in [3.8, 4) is 0 Å². The Labute approximate surface area is 124 Å². The van der Waals surface area contributed by atoms with Gasteiger partial charge in [0.05, 0.1) is 0 Å². The van der Waals surface area contributed by atoms with E-state index in [1.807, 2.05) is 0 Å². The van der Waals surface area contributed by atoms with Crippen molar-refractivity contribution in [2.45, 2.75) is 52.0 Å². The molecule has 1 aromatic rings. The SMILES string of the molecule is CC1(C)CCCN(C(C)(CN)Cc2ccccc2)CC1. The van der Waals surface area contributed by atoms with Gasteiger partial charge in [0.15, 0.2) is 0 Å². The Hall–Kier alpha value is -0.860. The molecule has 0 aromatic heterocycles. The first kappa shape index (κ1) is 15.5. The van der Waals surface area contributed by atoms with E-state index in [0.717, 1.165) is 13.0 Å². The van der Waals surface area contributed by atoms with Gasteiger partial charge < -0.3 is 5.73 Å². The molecule has 1 heterocycles. The van der Waals surface area contributed by atoms with Gasteiger partial charge >= 0.3 is 0 Å². The maximum atomic E-state index is 6.16. The number of benzene rings is 1. The van der Waals surface area contributed by atoms with Crippen molar-refractivity contribution in [3.05, 3.63) is 35.9 Å². The lowest BCUT2D eigenvalue weighted by atomic mass is 9.85. The zero-order chi connectivity index (χ0) is 14.6. The first-order chi connectivity index (χ1) is 9.45. The second-order valence-corrected chi connectivity index (χ2v) is 7.37. The Morgan fingerprint density at radius 2 is 1.85 bits per heavy atom. The maximum Gasteiger partial charge on any atom is 0.0343 e. The van der Waals surface area contributed by atoms with Crippen LogP contribution in [0.1, 0.15) is 45.6 Å². The van der Waals surface area contributed by atoms with E-state index in [1.165, 1.54) is 37.9 Å². The van der Waals surface area contributed by atoms with E-state index in [-0.39, 0.29) is 5.54 Å². The van der Waals surface area contributed by atoms with Crippen LogP contribution in [-0.2, 0) is 6.42 Å². The van der Waals surface area contributed by atoms with Crippen LogP contribution in [-0.4, -0.2) is 30.1 Å². The van der Waals surface area contributed by atoms with Crippen molar-refractivity contribution in [3.63, 3.8) is 0 Å². The average molecular weight is 274 g/mol. The quantitative estimate of drug-likeness (QED) is 0.911. The highest BCUT2D eigenvalue weighted by Crippen LogP contribution is 2.33. The van der Waals surface area contributed by atoms with Crippen LogP contribution in [0.2, 0.25) is 0 Å². The molecule has 2 nitrogen and oxygen atoms in total. The summed E-state index contributed by atoms with van der Waals surface area (Å²) in [5, 5.41) is 0. The number of likely N-dealkylation sites (tertiary alicyclic amines) is 1. The summed E-state index contributed by atoms with van der Waals surface area (Å²) in [7, 11) is 0. The Morgan fingerprint density at radius 3 is 2.50 bits per heavy atom. The second-order valence-electron chi connectivity index (χ2n) is 7.37. The van der Waals surface area contributed by atoms with Crippen molar-refractivity contribution >= 4 is 0 Å². The summed E-state index contributed by atoms with van der Waals surface area (Å²) in [6.07, 6.45) is 4.94. The van der Waals surface area contributed by atoms with Gasteiger partial charge in [-0.2, -0.15) is 0 Å². The van der Waals surface area contributed by atoms with Crippen molar-refractivity contribution in [2.24, 2.45) is 11.1 Å². The molecule has 0 radical (unpaired) electrons. The van der Waals surface area contributed by atoms with Gasteiger partial charge in [0.2, 0.25) is 0 Å². The lowest BCUT2D eigenvalue weighted by Crippen LogP contribution is -2.53. The fraction of sp³-hybridized carbons (Fsp3) is 0.667. The third-order valence-electron chi connectivity index (χ3n) is 4.97. The predicted molar refractivity (Wildman–Crippen MR) is 86.8 cm³/mol. The van der Waals surface area contributed by atoms with Crippen LogP contribution in [0, 0.1) is 5.41 Å². The molecule has 112 valence electrons. The molecule has 2 rings (SSSR count). The van der Waals surface area contributed by atoms with Crippen LogP contribution in [0.3, 0.4) is 0 Å². The molecule has 0 spiro atoms. The normalized spacial score (nSPS) is 23.0. The molecule has 2 heteroatoms. The van der Waals surface area contributed by atoms with E-state index in [4.69, 9.17) is 5.73 Å². The zero-order valence-electron chi connectivity index (χ0n) is 13.4. The molecule has 0 aliphatic carbocycles. The molecule has 1 aliphatic heterocycles. The monoisotopic (exact) mass is 274 g/mol. The van der Waals surface area contributed by atoms with Crippen molar-refractivity contribution in [2.75, 3.05) is 19.6 Å². The van der Waals surface area contributed by atoms with Gasteiger partial charge in [-0.15, -0.1) is 0 Å². The van der Waals surface area contributed by atoms with E-state index in [1.54, 1.807) is 0 Å².